The van der Waals surface area contributed by atoms with Gasteiger partial charge in [-0.25, -0.2) is 0 Å². The predicted molar refractivity (Wildman–Crippen MR) is 56.0 cm³/mol. The zero-order valence-electron chi connectivity index (χ0n) is 8.44. The van der Waals surface area contributed by atoms with E-state index in [1.165, 1.54) is 11.1 Å². The molecule has 0 unspecified atom stereocenters. The molecule has 2 nitrogen and oxygen atoms in total. The molecule has 14 heavy (non-hydrogen) atoms. The molecule has 0 saturated carbocycles. The summed E-state index contributed by atoms with van der Waals surface area (Å²) in [5.74, 6) is 0.223. The molecule has 1 aromatic rings. The van der Waals surface area contributed by atoms with Crippen molar-refractivity contribution in [3.63, 3.8) is 0 Å². The zero-order chi connectivity index (χ0) is 9.97. The first-order chi connectivity index (χ1) is 6.86. The van der Waals surface area contributed by atoms with Crippen molar-refractivity contribution in [3.8, 4) is 0 Å². The van der Waals surface area contributed by atoms with Gasteiger partial charge in [-0.2, -0.15) is 0 Å². The molecule has 2 heteroatoms. The van der Waals surface area contributed by atoms with Gasteiger partial charge in [0.05, 0.1) is 5.92 Å². The number of ether oxygens (including phenoxy) is 2. The smallest absolute Gasteiger partial charge is 0.167 e. The maximum Gasteiger partial charge on any atom is 0.167 e. The zero-order valence-corrected chi connectivity index (χ0v) is 8.44. The fraction of sp³-hybridized carbons (Fsp3) is 0.333. The van der Waals surface area contributed by atoms with Crippen molar-refractivity contribution < 1.29 is 9.47 Å². The fourth-order valence-corrected chi connectivity index (χ4v) is 1.90. The van der Waals surface area contributed by atoms with Crippen molar-refractivity contribution in [2.45, 2.75) is 12.2 Å². The first-order valence-electron chi connectivity index (χ1n) is 4.69. The standard InChI is InChI=1S/C12H14O2/c1-13-12(14-2)11-8-7-9-5-3-4-6-10(9)11/h3-8,11-12H,1-2H3/t11-/m0/s1. The molecule has 1 aliphatic carbocycles. The van der Waals surface area contributed by atoms with Crippen molar-refractivity contribution in [1.29, 1.82) is 0 Å². The Labute approximate surface area is 84.2 Å². The molecule has 2 rings (SSSR count). The molecule has 1 aliphatic rings. The van der Waals surface area contributed by atoms with Gasteiger partial charge in [-0.3, -0.25) is 0 Å². The van der Waals surface area contributed by atoms with E-state index >= 15 is 0 Å². The van der Waals surface area contributed by atoms with Crippen LogP contribution in [0.25, 0.3) is 6.08 Å². The average molecular weight is 190 g/mol. The summed E-state index contributed by atoms with van der Waals surface area (Å²) in [5, 5.41) is 0. The second-order valence-corrected chi connectivity index (χ2v) is 3.35. The van der Waals surface area contributed by atoms with Gasteiger partial charge in [-0.15, -0.1) is 0 Å². The van der Waals surface area contributed by atoms with Crippen LogP contribution in [0.5, 0.6) is 0 Å². The van der Waals surface area contributed by atoms with Crippen molar-refractivity contribution in [2.75, 3.05) is 14.2 Å². The summed E-state index contributed by atoms with van der Waals surface area (Å²) in [5.41, 5.74) is 2.54. The second-order valence-electron chi connectivity index (χ2n) is 3.35. The summed E-state index contributed by atoms with van der Waals surface area (Å²) in [6, 6.07) is 8.31. The molecule has 74 valence electrons. The molecule has 1 atom stereocenters. The summed E-state index contributed by atoms with van der Waals surface area (Å²) < 4.78 is 10.5. The molecule has 0 spiro atoms. The monoisotopic (exact) mass is 190 g/mol. The summed E-state index contributed by atoms with van der Waals surface area (Å²) in [4.78, 5) is 0. The number of hydrogen-bond acceptors (Lipinski definition) is 2. The van der Waals surface area contributed by atoms with Crippen molar-refractivity contribution in [1.82, 2.24) is 0 Å². The van der Waals surface area contributed by atoms with Gasteiger partial charge in [-0.1, -0.05) is 36.4 Å². The largest absolute Gasteiger partial charge is 0.355 e. The van der Waals surface area contributed by atoms with E-state index in [0.29, 0.717) is 0 Å². The van der Waals surface area contributed by atoms with Crippen LogP contribution in [-0.4, -0.2) is 20.5 Å². The third-order valence-electron chi connectivity index (χ3n) is 2.60. The van der Waals surface area contributed by atoms with Gasteiger partial charge in [0, 0.05) is 14.2 Å². The Morgan fingerprint density at radius 1 is 1.14 bits per heavy atom. The molecular weight excluding hydrogens is 176 g/mol. The Kier molecular flexibility index (Phi) is 2.66. The number of benzene rings is 1. The highest BCUT2D eigenvalue weighted by molar-refractivity contribution is 5.62. The highest BCUT2D eigenvalue weighted by Gasteiger charge is 2.25. The van der Waals surface area contributed by atoms with Gasteiger partial charge in [0.25, 0.3) is 0 Å². The third kappa shape index (κ3) is 1.47. The highest BCUT2D eigenvalue weighted by Crippen LogP contribution is 2.33. The van der Waals surface area contributed by atoms with E-state index < -0.39 is 0 Å². The fourth-order valence-electron chi connectivity index (χ4n) is 1.90. The maximum atomic E-state index is 5.27. The normalized spacial score (nSPS) is 18.9. The Hall–Kier alpha value is -1.12. The van der Waals surface area contributed by atoms with Crippen LogP contribution in [0.1, 0.15) is 17.0 Å². The molecule has 0 bridgehead atoms. The Morgan fingerprint density at radius 2 is 1.86 bits per heavy atom. The lowest BCUT2D eigenvalue weighted by Gasteiger charge is -2.20. The van der Waals surface area contributed by atoms with E-state index in [1.807, 2.05) is 12.1 Å². The average Bonchev–Trinajstić information content (AvgIpc) is 2.65. The van der Waals surface area contributed by atoms with Gasteiger partial charge in [0.1, 0.15) is 0 Å². The molecule has 1 aromatic carbocycles. The quantitative estimate of drug-likeness (QED) is 0.681. The van der Waals surface area contributed by atoms with Gasteiger partial charge in [0.2, 0.25) is 0 Å². The van der Waals surface area contributed by atoms with E-state index in [-0.39, 0.29) is 12.2 Å². The minimum absolute atomic E-state index is 0.185. The van der Waals surface area contributed by atoms with Gasteiger partial charge < -0.3 is 9.47 Å². The Morgan fingerprint density at radius 3 is 2.57 bits per heavy atom. The molecule has 0 aliphatic heterocycles. The highest BCUT2D eigenvalue weighted by atomic mass is 16.7. The minimum atomic E-state index is -0.185. The van der Waals surface area contributed by atoms with E-state index in [4.69, 9.17) is 9.47 Å². The molecule has 0 saturated heterocycles. The first-order valence-corrected chi connectivity index (χ1v) is 4.69. The van der Waals surface area contributed by atoms with Crippen LogP contribution in [0, 0.1) is 0 Å². The molecule has 0 heterocycles. The maximum absolute atomic E-state index is 5.27. The third-order valence-corrected chi connectivity index (χ3v) is 2.60. The molecule has 0 radical (unpaired) electrons. The summed E-state index contributed by atoms with van der Waals surface area (Å²) in [7, 11) is 3.34. The van der Waals surface area contributed by atoms with Gasteiger partial charge >= 0.3 is 0 Å². The number of rotatable bonds is 3. The number of methoxy groups -OCH3 is 2. The van der Waals surface area contributed by atoms with Crippen LogP contribution < -0.4 is 0 Å². The lowest BCUT2D eigenvalue weighted by Crippen LogP contribution is -2.20. The van der Waals surface area contributed by atoms with Crippen molar-refractivity contribution in [2.24, 2.45) is 0 Å². The Balaban J connectivity index is 2.29. The molecule has 0 amide bonds. The van der Waals surface area contributed by atoms with Crippen LogP contribution in [0.2, 0.25) is 0 Å². The predicted octanol–water partition coefficient (Wildman–Crippen LogP) is 2.42. The van der Waals surface area contributed by atoms with E-state index in [1.54, 1.807) is 14.2 Å². The summed E-state index contributed by atoms with van der Waals surface area (Å²) in [6.45, 7) is 0. The molecule has 0 aromatic heterocycles. The lowest BCUT2D eigenvalue weighted by atomic mass is 10.0. The topological polar surface area (TPSA) is 18.5 Å². The number of hydrogen-bond donors (Lipinski definition) is 0. The number of fused-ring (bicyclic) bond motifs is 1. The van der Waals surface area contributed by atoms with Gasteiger partial charge in [0.15, 0.2) is 6.29 Å². The van der Waals surface area contributed by atoms with E-state index in [0.717, 1.165) is 0 Å². The summed E-state index contributed by atoms with van der Waals surface area (Å²) >= 11 is 0. The molecular formula is C12H14O2. The van der Waals surface area contributed by atoms with Crippen LogP contribution in [0.4, 0.5) is 0 Å². The SMILES string of the molecule is COC(OC)[C@H]1C=Cc2ccccc21. The molecule has 0 fully saturated rings. The van der Waals surface area contributed by atoms with Crippen LogP contribution in [-0.2, 0) is 9.47 Å². The van der Waals surface area contributed by atoms with E-state index in [2.05, 4.69) is 24.3 Å². The second kappa shape index (κ2) is 3.95. The van der Waals surface area contributed by atoms with Crippen LogP contribution >= 0.6 is 0 Å². The minimum Gasteiger partial charge on any atom is -0.355 e. The van der Waals surface area contributed by atoms with Crippen molar-refractivity contribution >= 4 is 6.08 Å². The van der Waals surface area contributed by atoms with Crippen molar-refractivity contribution in [3.05, 3.63) is 41.5 Å². The Bertz CT molecular complexity index is 340. The van der Waals surface area contributed by atoms with E-state index in [9.17, 15) is 0 Å². The van der Waals surface area contributed by atoms with Crippen LogP contribution in [0.15, 0.2) is 30.3 Å². The summed E-state index contributed by atoms with van der Waals surface area (Å²) in [6.07, 6.45) is 4.06. The molecule has 0 N–H and O–H groups in total. The van der Waals surface area contributed by atoms with Crippen LogP contribution in [0.3, 0.4) is 0 Å². The first kappa shape index (κ1) is 9.44. The lowest BCUT2D eigenvalue weighted by molar-refractivity contribution is -0.109. The van der Waals surface area contributed by atoms with Gasteiger partial charge in [-0.05, 0) is 11.1 Å².